The number of hydrogen-bond donors (Lipinski definition) is 1. The molecule has 1 rings (SSSR count). The van der Waals surface area contributed by atoms with Crippen molar-refractivity contribution < 1.29 is 23.9 Å². The Morgan fingerprint density at radius 2 is 2.17 bits per heavy atom. The largest absolute Gasteiger partial charge is 0.422 e. The maximum absolute atomic E-state index is 11.2. The van der Waals surface area contributed by atoms with Crippen LogP contribution in [0.25, 0.3) is 10.4 Å². The average Bonchev–Trinajstić information content (AvgIpc) is 2.36. The van der Waals surface area contributed by atoms with Gasteiger partial charge in [0.25, 0.3) is 0 Å². The number of azide groups is 1. The average molecular weight is 271 g/mol. The Hall–Kier alpha value is -1.98. The van der Waals surface area contributed by atoms with Crippen LogP contribution >= 0.6 is 7.60 Å². The van der Waals surface area contributed by atoms with Crippen molar-refractivity contribution in [3.63, 3.8) is 0 Å². The van der Waals surface area contributed by atoms with Crippen LogP contribution in [0.5, 0.6) is 5.75 Å². The fraction of sp³-hybridized carbons (Fsp3) is 0.111. The van der Waals surface area contributed by atoms with Gasteiger partial charge in [0.1, 0.15) is 17.6 Å². The van der Waals surface area contributed by atoms with Crippen LogP contribution in [0.3, 0.4) is 0 Å². The van der Waals surface area contributed by atoms with Crippen molar-refractivity contribution >= 4 is 7.60 Å². The highest BCUT2D eigenvalue weighted by atomic mass is 31.2. The second-order valence-electron chi connectivity index (χ2n) is 2.99. The number of nitrogens with zero attached hydrogens (tertiary/aromatic N) is 3. The first kappa shape index (κ1) is 14.1. The van der Waals surface area contributed by atoms with Crippen LogP contribution in [0.2, 0.25) is 0 Å². The molecule has 1 aromatic rings. The van der Waals surface area contributed by atoms with Gasteiger partial charge in [-0.15, -0.1) is 0 Å². The molecule has 0 heterocycles. The lowest BCUT2D eigenvalue weighted by Gasteiger charge is -2.09. The van der Waals surface area contributed by atoms with E-state index in [0.29, 0.717) is 5.56 Å². The Morgan fingerprint density at radius 3 is 2.72 bits per heavy atom. The van der Waals surface area contributed by atoms with E-state index in [2.05, 4.69) is 26.6 Å². The third kappa shape index (κ3) is 4.90. The van der Waals surface area contributed by atoms with Gasteiger partial charge in [-0.05, 0) is 23.2 Å². The quantitative estimate of drug-likeness (QED) is 0.156. The van der Waals surface area contributed by atoms with Crippen LogP contribution in [0, 0.1) is 0 Å². The van der Waals surface area contributed by atoms with Gasteiger partial charge in [-0.1, -0.05) is 18.7 Å². The Kier molecular flexibility index (Phi) is 5.23. The highest BCUT2D eigenvalue weighted by Crippen LogP contribution is 2.43. The normalized spacial score (nSPS) is 12.9. The van der Waals surface area contributed by atoms with Gasteiger partial charge in [0.15, 0.2) is 0 Å². The van der Waals surface area contributed by atoms with E-state index in [1.165, 1.54) is 12.1 Å². The molecule has 96 valence electrons. The second kappa shape index (κ2) is 6.68. The first-order chi connectivity index (χ1) is 8.57. The highest BCUT2D eigenvalue weighted by molar-refractivity contribution is 7.56. The molecule has 1 atom stereocenters. The van der Waals surface area contributed by atoms with E-state index in [4.69, 9.17) is 10.1 Å². The van der Waals surface area contributed by atoms with Gasteiger partial charge in [0.05, 0.1) is 0 Å². The van der Waals surface area contributed by atoms with Crippen LogP contribution in [0.1, 0.15) is 5.56 Å². The van der Waals surface area contributed by atoms with Gasteiger partial charge in [-0.2, -0.15) is 4.89 Å². The predicted octanol–water partition coefficient (Wildman–Crippen LogP) is 3.07. The van der Waals surface area contributed by atoms with Crippen LogP contribution in [-0.2, 0) is 21.0 Å². The summed E-state index contributed by atoms with van der Waals surface area (Å²) in [6.45, 7) is 3.24. The third-order valence-electron chi connectivity index (χ3n) is 1.74. The van der Waals surface area contributed by atoms with Gasteiger partial charge in [-0.25, -0.2) is 4.57 Å². The minimum atomic E-state index is -3.79. The van der Waals surface area contributed by atoms with Crippen molar-refractivity contribution in [2.75, 3.05) is 0 Å². The van der Waals surface area contributed by atoms with Crippen molar-refractivity contribution in [3.8, 4) is 5.75 Å². The molecule has 0 amide bonds. The summed E-state index contributed by atoms with van der Waals surface area (Å²) in [6.07, 6.45) is 0. The Balaban J connectivity index is 2.54. The van der Waals surface area contributed by atoms with E-state index in [9.17, 15) is 9.46 Å². The zero-order valence-electron chi connectivity index (χ0n) is 9.17. The molecule has 18 heavy (non-hydrogen) atoms. The Morgan fingerprint density at radius 1 is 1.50 bits per heavy atom. The van der Waals surface area contributed by atoms with E-state index in [0.717, 1.165) is 5.82 Å². The van der Waals surface area contributed by atoms with Crippen LogP contribution in [0.15, 0.2) is 41.9 Å². The summed E-state index contributed by atoms with van der Waals surface area (Å²) in [5, 5.41) is 2.72. The van der Waals surface area contributed by atoms with E-state index < -0.39 is 7.60 Å². The molecule has 1 unspecified atom stereocenters. The van der Waals surface area contributed by atoms with Crippen LogP contribution in [0.4, 0.5) is 0 Å². The monoisotopic (exact) mass is 271 g/mol. The fourth-order valence-electron chi connectivity index (χ4n) is 0.968. The van der Waals surface area contributed by atoms with Crippen molar-refractivity contribution in [2.45, 2.75) is 6.61 Å². The van der Waals surface area contributed by atoms with Gasteiger partial charge in [-0.3, -0.25) is 4.99 Å². The molecule has 0 aliphatic rings. The lowest BCUT2D eigenvalue weighted by atomic mass is 10.2. The van der Waals surface area contributed by atoms with E-state index in [1.807, 2.05) is 0 Å². The molecular formula is C9H10N3O5P. The van der Waals surface area contributed by atoms with E-state index in [-0.39, 0.29) is 12.4 Å². The molecule has 0 aliphatic heterocycles. The first-order valence-corrected chi connectivity index (χ1v) is 6.30. The van der Waals surface area contributed by atoms with Gasteiger partial charge in [0, 0.05) is 10.7 Å². The van der Waals surface area contributed by atoms with Crippen molar-refractivity contribution in [3.05, 3.63) is 52.7 Å². The minimum Gasteiger partial charge on any atom is -0.422 e. The molecule has 0 spiro atoms. The molecule has 0 bridgehead atoms. The highest BCUT2D eigenvalue weighted by Gasteiger charge is 2.14. The van der Waals surface area contributed by atoms with Crippen LogP contribution < -0.4 is 4.52 Å². The topological polar surface area (TPSA) is 114 Å². The summed E-state index contributed by atoms with van der Waals surface area (Å²) < 4.78 is 16.0. The number of benzene rings is 1. The molecule has 1 aromatic carbocycles. The first-order valence-electron chi connectivity index (χ1n) is 4.65. The Bertz CT molecular complexity index is 497. The lowest BCUT2D eigenvalue weighted by Crippen LogP contribution is -1.92. The molecule has 8 nitrogen and oxygen atoms in total. The summed E-state index contributed by atoms with van der Waals surface area (Å²) >= 11 is 0. The molecule has 1 N–H and O–H groups in total. The zero-order chi connectivity index (χ0) is 13.4. The van der Waals surface area contributed by atoms with Crippen molar-refractivity contribution in [1.82, 2.24) is 0 Å². The SMILES string of the molecule is C=CP(=O)(O)Oc1ccc(COON=[N+]=[N-])cc1. The standard InChI is InChI=1S/C9H10N3O5P/c1-2-18(13,14)16-9-5-3-8(4-6-9)7-15-17-12-11-10/h2-6H,1,7H2,(H,13,14). The molecule has 0 aromatic heterocycles. The molecule has 0 aliphatic carbocycles. The maximum Gasteiger partial charge on any atom is 0.400 e. The summed E-state index contributed by atoms with van der Waals surface area (Å²) in [7, 11) is -3.79. The lowest BCUT2D eigenvalue weighted by molar-refractivity contribution is -0.307. The van der Waals surface area contributed by atoms with Crippen LogP contribution in [-0.4, -0.2) is 4.89 Å². The zero-order valence-corrected chi connectivity index (χ0v) is 10.1. The summed E-state index contributed by atoms with van der Waals surface area (Å²) in [4.78, 5) is 20.1. The molecule has 0 fully saturated rings. The van der Waals surface area contributed by atoms with Gasteiger partial charge in [0.2, 0.25) is 0 Å². The molecule has 0 saturated heterocycles. The second-order valence-corrected chi connectivity index (χ2v) is 4.67. The Labute approximate surface area is 102 Å². The van der Waals surface area contributed by atoms with Crippen molar-refractivity contribution in [2.24, 2.45) is 5.28 Å². The third-order valence-corrected chi connectivity index (χ3v) is 2.67. The maximum atomic E-state index is 11.2. The summed E-state index contributed by atoms with van der Waals surface area (Å²) in [6, 6.07) is 6.16. The summed E-state index contributed by atoms with van der Waals surface area (Å²) in [5.41, 5.74) is 8.61. The molecule has 9 heteroatoms. The van der Waals surface area contributed by atoms with E-state index in [1.54, 1.807) is 12.1 Å². The minimum absolute atomic E-state index is 0.0531. The van der Waals surface area contributed by atoms with Crippen molar-refractivity contribution in [1.29, 1.82) is 0 Å². The number of rotatable bonds is 7. The van der Waals surface area contributed by atoms with Gasteiger partial charge < -0.3 is 9.42 Å². The molecule has 0 saturated carbocycles. The molecule has 0 radical (unpaired) electrons. The van der Waals surface area contributed by atoms with Gasteiger partial charge >= 0.3 is 7.60 Å². The smallest absolute Gasteiger partial charge is 0.400 e. The fourth-order valence-corrected chi connectivity index (χ4v) is 1.47. The predicted molar refractivity (Wildman–Crippen MR) is 62.1 cm³/mol. The number of hydrogen-bond acceptors (Lipinski definition) is 5. The summed E-state index contributed by atoms with van der Waals surface area (Å²) in [5.74, 6) is 1.07. The molecular weight excluding hydrogens is 261 g/mol. The van der Waals surface area contributed by atoms with E-state index >= 15 is 0 Å².